The average Bonchev–Trinajstić information content (AvgIpc) is 2.67. The van der Waals surface area contributed by atoms with Crippen molar-refractivity contribution in [3.05, 3.63) is 5.69 Å². The fourth-order valence-corrected chi connectivity index (χ4v) is 2.88. The Hall–Kier alpha value is -1.19. The molecule has 0 aliphatic heterocycles. The zero-order valence-electron chi connectivity index (χ0n) is 11.9. The van der Waals surface area contributed by atoms with Crippen molar-refractivity contribution < 1.29 is 0 Å². The fraction of sp³-hybridized carbons (Fsp3) is 0.786. The lowest BCUT2D eigenvalue weighted by atomic mass is 9.84. The van der Waals surface area contributed by atoms with Gasteiger partial charge in [0.1, 0.15) is 5.82 Å². The third-order valence-electron chi connectivity index (χ3n) is 4.24. The molecule has 18 heavy (non-hydrogen) atoms. The number of hydrogen-bond donors (Lipinski definition) is 2. The van der Waals surface area contributed by atoms with E-state index in [4.69, 9.17) is 5.73 Å². The number of nitrogens with one attached hydrogen (secondary N) is 1. The molecule has 0 unspecified atom stereocenters. The molecule has 0 amide bonds. The quantitative estimate of drug-likeness (QED) is 0.863. The Morgan fingerprint density at radius 1 is 1.28 bits per heavy atom. The number of hydrogen-bond acceptors (Lipinski definition) is 3. The highest BCUT2D eigenvalue weighted by Gasteiger charge is 2.22. The maximum Gasteiger partial charge on any atom is 0.148 e. The van der Waals surface area contributed by atoms with Gasteiger partial charge in [0.05, 0.1) is 11.4 Å². The molecule has 4 heteroatoms. The molecule has 0 bridgehead atoms. The van der Waals surface area contributed by atoms with E-state index in [2.05, 4.69) is 24.3 Å². The van der Waals surface area contributed by atoms with Gasteiger partial charge in [-0.2, -0.15) is 5.10 Å². The van der Waals surface area contributed by atoms with Gasteiger partial charge in [-0.1, -0.05) is 13.3 Å². The van der Waals surface area contributed by atoms with E-state index in [0.717, 1.165) is 29.7 Å². The van der Waals surface area contributed by atoms with E-state index in [1.54, 1.807) is 0 Å². The predicted octanol–water partition coefficient (Wildman–Crippen LogP) is 3.17. The van der Waals surface area contributed by atoms with Crippen molar-refractivity contribution in [2.24, 2.45) is 5.92 Å². The Balaban J connectivity index is 2.02. The van der Waals surface area contributed by atoms with Gasteiger partial charge in [0.15, 0.2) is 0 Å². The summed E-state index contributed by atoms with van der Waals surface area (Å²) in [6.45, 7) is 7.24. The zero-order valence-corrected chi connectivity index (χ0v) is 11.9. The Morgan fingerprint density at radius 3 is 2.50 bits per heavy atom. The summed E-state index contributed by atoms with van der Waals surface area (Å²) < 4.78 is 1.98. The van der Waals surface area contributed by atoms with Crippen LogP contribution in [0.25, 0.3) is 0 Å². The lowest BCUT2D eigenvalue weighted by Crippen LogP contribution is -2.27. The van der Waals surface area contributed by atoms with Gasteiger partial charge < -0.3 is 11.1 Å². The molecule has 1 aromatic heterocycles. The average molecular weight is 250 g/mol. The summed E-state index contributed by atoms with van der Waals surface area (Å²) in [4.78, 5) is 0. The largest absolute Gasteiger partial charge is 0.394 e. The molecule has 2 rings (SSSR count). The van der Waals surface area contributed by atoms with Crippen LogP contribution in [0.5, 0.6) is 0 Å². The van der Waals surface area contributed by atoms with E-state index in [0.29, 0.717) is 6.04 Å². The van der Waals surface area contributed by atoms with E-state index in [1.165, 1.54) is 32.1 Å². The highest BCUT2D eigenvalue weighted by atomic mass is 15.3. The normalized spacial score (nSPS) is 24.2. The molecule has 1 aliphatic rings. The molecule has 0 spiro atoms. The highest BCUT2D eigenvalue weighted by molar-refractivity contribution is 5.65. The number of nitrogen functional groups attached to an aromatic ring is 1. The standard InChI is InChI=1S/C14H26N4/c1-4-11-6-8-12(9-7-11)16-14-13(15)10(3)17-18(14)5-2/h11-12,16H,4-9,15H2,1-3H3. The summed E-state index contributed by atoms with van der Waals surface area (Å²) in [5.74, 6) is 1.95. The lowest BCUT2D eigenvalue weighted by molar-refractivity contribution is 0.329. The Bertz CT molecular complexity index is 389. The molecule has 0 saturated heterocycles. The number of anilines is 2. The van der Waals surface area contributed by atoms with Crippen molar-refractivity contribution in [3.63, 3.8) is 0 Å². The van der Waals surface area contributed by atoms with Crippen LogP contribution in [0.2, 0.25) is 0 Å². The summed E-state index contributed by atoms with van der Waals surface area (Å²) in [5.41, 5.74) is 7.85. The second-order valence-electron chi connectivity index (χ2n) is 5.43. The molecule has 0 radical (unpaired) electrons. The minimum absolute atomic E-state index is 0.566. The van der Waals surface area contributed by atoms with Crippen LogP contribution in [-0.4, -0.2) is 15.8 Å². The number of aromatic nitrogens is 2. The molecule has 102 valence electrons. The van der Waals surface area contributed by atoms with Gasteiger partial charge in [-0.05, 0) is 45.4 Å². The third-order valence-corrected chi connectivity index (χ3v) is 4.24. The number of rotatable bonds is 4. The molecule has 1 aromatic rings. The summed E-state index contributed by atoms with van der Waals surface area (Å²) in [7, 11) is 0. The molecule has 0 aromatic carbocycles. The van der Waals surface area contributed by atoms with Gasteiger partial charge in [0, 0.05) is 12.6 Å². The Kier molecular flexibility index (Phi) is 4.15. The lowest BCUT2D eigenvalue weighted by Gasteiger charge is -2.29. The second kappa shape index (κ2) is 5.63. The monoisotopic (exact) mass is 250 g/mol. The van der Waals surface area contributed by atoms with Gasteiger partial charge >= 0.3 is 0 Å². The van der Waals surface area contributed by atoms with Crippen LogP contribution in [0, 0.1) is 12.8 Å². The maximum atomic E-state index is 6.10. The smallest absolute Gasteiger partial charge is 0.148 e. The van der Waals surface area contributed by atoms with Crippen LogP contribution in [0.4, 0.5) is 11.5 Å². The van der Waals surface area contributed by atoms with Gasteiger partial charge in [-0.3, -0.25) is 0 Å². The van der Waals surface area contributed by atoms with Crippen molar-refractivity contribution >= 4 is 11.5 Å². The zero-order chi connectivity index (χ0) is 13.1. The molecular formula is C14H26N4. The van der Waals surface area contributed by atoms with Gasteiger partial charge in [0.25, 0.3) is 0 Å². The fourth-order valence-electron chi connectivity index (χ4n) is 2.88. The van der Waals surface area contributed by atoms with Crippen LogP contribution in [0.3, 0.4) is 0 Å². The Labute approximate surface area is 110 Å². The van der Waals surface area contributed by atoms with Crippen molar-refractivity contribution in [2.45, 2.75) is 65.5 Å². The van der Waals surface area contributed by atoms with E-state index < -0.39 is 0 Å². The van der Waals surface area contributed by atoms with E-state index in [1.807, 2.05) is 11.6 Å². The van der Waals surface area contributed by atoms with Crippen LogP contribution >= 0.6 is 0 Å². The predicted molar refractivity (Wildman–Crippen MR) is 76.7 cm³/mol. The van der Waals surface area contributed by atoms with Crippen molar-refractivity contribution in [1.82, 2.24) is 9.78 Å². The van der Waals surface area contributed by atoms with E-state index in [-0.39, 0.29) is 0 Å². The van der Waals surface area contributed by atoms with Crippen molar-refractivity contribution in [3.8, 4) is 0 Å². The second-order valence-corrected chi connectivity index (χ2v) is 5.43. The van der Waals surface area contributed by atoms with Gasteiger partial charge in [-0.15, -0.1) is 0 Å². The molecule has 1 saturated carbocycles. The third kappa shape index (κ3) is 2.62. The van der Waals surface area contributed by atoms with Crippen LogP contribution < -0.4 is 11.1 Å². The first-order valence-electron chi connectivity index (χ1n) is 7.25. The van der Waals surface area contributed by atoms with Crippen LogP contribution in [0.1, 0.15) is 51.6 Å². The summed E-state index contributed by atoms with van der Waals surface area (Å²) >= 11 is 0. The molecule has 3 N–H and O–H groups in total. The molecule has 1 aliphatic carbocycles. The SMILES string of the molecule is CCC1CCC(Nc2c(N)c(C)nn2CC)CC1. The number of aryl methyl sites for hydroxylation is 2. The number of nitrogens with zero attached hydrogens (tertiary/aromatic N) is 2. The topological polar surface area (TPSA) is 55.9 Å². The summed E-state index contributed by atoms with van der Waals surface area (Å²) in [6.07, 6.45) is 6.51. The van der Waals surface area contributed by atoms with Crippen molar-refractivity contribution in [1.29, 1.82) is 0 Å². The van der Waals surface area contributed by atoms with Gasteiger partial charge in [-0.25, -0.2) is 4.68 Å². The first kappa shape index (κ1) is 13.2. The van der Waals surface area contributed by atoms with Crippen LogP contribution in [0.15, 0.2) is 0 Å². The van der Waals surface area contributed by atoms with Gasteiger partial charge in [0.2, 0.25) is 0 Å². The van der Waals surface area contributed by atoms with Crippen molar-refractivity contribution in [2.75, 3.05) is 11.1 Å². The molecule has 4 nitrogen and oxygen atoms in total. The molecule has 1 fully saturated rings. The minimum atomic E-state index is 0.566. The summed E-state index contributed by atoms with van der Waals surface area (Å²) in [6, 6.07) is 0.566. The minimum Gasteiger partial charge on any atom is -0.394 e. The molecule has 0 atom stereocenters. The summed E-state index contributed by atoms with van der Waals surface area (Å²) in [5, 5.41) is 8.06. The molecule has 1 heterocycles. The van der Waals surface area contributed by atoms with E-state index >= 15 is 0 Å². The molecular weight excluding hydrogens is 224 g/mol. The highest BCUT2D eigenvalue weighted by Crippen LogP contribution is 2.30. The van der Waals surface area contributed by atoms with E-state index in [9.17, 15) is 0 Å². The maximum absolute atomic E-state index is 6.10. The first-order chi connectivity index (χ1) is 8.65. The number of nitrogens with two attached hydrogens (primary N) is 1. The first-order valence-corrected chi connectivity index (χ1v) is 7.25. The van der Waals surface area contributed by atoms with Crippen LogP contribution in [-0.2, 0) is 6.54 Å². The Morgan fingerprint density at radius 2 is 1.94 bits per heavy atom.